The molecule has 5 heteroatoms. The van der Waals surface area contributed by atoms with Crippen molar-refractivity contribution in [1.29, 1.82) is 0 Å². The van der Waals surface area contributed by atoms with Crippen molar-refractivity contribution in [2.24, 2.45) is 5.90 Å². The lowest BCUT2D eigenvalue weighted by atomic mass is 10.1. The molecule has 0 aliphatic heterocycles. The molecule has 0 amide bonds. The Balaban J connectivity index is 2.15. The molecule has 19 heavy (non-hydrogen) atoms. The van der Waals surface area contributed by atoms with E-state index < -0.39 is 0 Å². The molecule has 0 radical (unpaired) electrons. The van der Waals surface area contributed by atoms with E-state index in [1.54, 1.807) is 7.11 Å². The Morgan fingerprint density at radius 2 is 2.00 bits per heavy atom. The Morgan fingerprint density at radius 1 is 1.26 bits per heavy atom. The summed E-state index contributed by atoms with van der Waals surface area (Å²) in [4.78, 5) is 4.62. The topological polar surface area (TPSA) is 53.7 Å². The van der Waals surface area contributed by atoms with Crippen molar-refractivity contribution in [3.8, 4) is 11.5 Å². The fraction of sp³-hybridized carbons (Fsp3) is 0.571. The van der Waals surface area contributed by atoms with Gasteiger partial charge in [-0.05, 0) is 49.8 Å². The summed E-state index contributed by atoms with van der Waals surface area (Å²) in [6.07, 6.45) is 5.81. The third-order valence-corrected chi connectivity index (χ3v) is 4.16. The Kier molecular flexibility index (Phi) is 5.48. The van der Waals surface area contributed by atoms with Crippen LogP contribution in [0.3, 0.4) is 0 Å². The number of nitrogens with two attached hydrogens (primary N) is 1. The second kappa shape index (κ2) is 7.12. The van der Waals surface area contributed by atoms with Gasteiger partial charge in [-0.1, -0.05) is 15.9 Å². The van der Waals surface area contributed by atoms with Crippen LogP contribution in [0.2, 0.25) is 0 Å². The third kappa shape index (κ3) is 3.84. The van der Waals surface area contributed by atoms with Gasteiger partial charge in [0.05, 0.1) is 19.8 Å². The van der Waals surface area contributed by atoms with E-state index in [0.29, 0.717) is 12.7 Å². The molecule has 0 bridgehead atoms. The van der Waals surface area contributed by atoms with Gasteiger partial charge in [-0.25, -0.2) is 5.90 Å². The van der Waals surface area contributed by atoms with Crippen molar-refractivity contribution < 1.29 is 14.3 Å². The van der Waals surface area contributed by atoms with E-state index in [1.165, 1.54) is 12.8 Å². The van der Waals surface area contributed by atoms with Gasteiger partial charge < -0.3 is 14.3 Å². The Labute approximate surface area is 122 Å². The maximum Gasteiger partial charge on any atom is 0.162 e. The zero-order valence-corrected chi connectivity index (χ0v) is 12.7. The first-order chi connectivity index (χ1) is 9.24. The molecule has 0 heterocycles. The molecular weight excluding hydrogens is 310 g/mol. The molecule has 2 N–H and O–H groups in total. The maximum absolute atomic E-state index is 6.03. The van der Waals surface area contributed by atoms with Crippen molar-refractivity contribution in [3.63, 3.8) is 0 Å². The highest BCUT2D eigenvalue weighted by atomic mass is 79.9. The first kappa shape index (κ1) is 14.6. The monoisotopic (exact) mass is 329 g/mol. The largest absolute Gasteiger partial charge is 0.493 e. The predicted molar refractivity (Wildman–Crippen MR) is 77.4 cm³/mol. The molecule has 1 aliphatic rings. The summed E-state index contributed by atoms with van der Waals surface area (Å²) in [5, 5.41) is 0. The molecule has 0 unspecified atom stereocenters. The third-order valence-electron chi connectivity index (χ3n) is 3.42. The van der Waals surface area contributed by atoms with Crippen LogP contribution in [0.5, 0.6) is 11.5 Å². The normalized spacial score (nSPS) is 15.7. The van der Waals surface area contributed by atoms with Gasteiger partial charge in [0.1, 0.15) is 0 Å². The summed E-state index contributed by atoms with van der Waals surface area (Å²) in [5.41, 5.74) is 1.10. The lowest BCUT2D eigenvalue weighted by molar-refractivity contribution is 0.141. The fourth-order valence-electron chi connectivity index (χ4n) is 2.38. The molecule has 0 spiro atoms. The van der Waals surface area contributed by atoms with E-state index in [-0.39, 0.29) is 0 Å². The van der Waals surface area contributed by atoms with Crippen molar-refractivity contribution in [2.75, 3.05) is 13.7 Å². The van der Waals surface area contributed by atoms with E-state index >= 15 is 0 Å². The summed E-state index contributed by atoms with van der Waals surface area (Å²) in [6, 6.07) is 3.95. The van der Waals surface area contributed by atoms with Gasteiger partial charge in [-0.15, -0.1) is 0 Å². The van der Waals surface area contributed by atoms with Crippen LogP contribution in [0.4, 0.5) is 0 Å². The van der Waals surface area contributed by atoms with E-state index in [9.17, 15) is 0 Å². The van der Waals surface area contributed by atoms with Gasteiger partial charge in [0, 0.05) is 4.47 Å². The first-order valence-electron chi connectivity index (χ1n) is 6.59. The van der Waals surface area contributed by atoms with E-state index in [1.807, 2.05) is 12.1 Å². The highest BCUT2D eigenvalue weighted by Gasteiger charge is 2.19. The second-order valence-corrected chi connectivity index (χ2v) is 5.59. The van der Waals surface area contributed by atoms with E-state index in [2.05, 4.69) is 20.8 Å². The van der Waals surface area contributed by atoms with Crippen LogP contribution in [-0.2, 0) is 11.3 Å². The quantitative estimate of drug-likeness (QED) is 0.814. The highest BCUT2D eigenvalue weighted by molar-refractivity contribution is 9.10. The Morgan fingerprint density at radius 3 is 2.63 bits per heavy atom. The van der Waals surface area contributed by atoms with Gasteiger partial charge in [-0.3, -0.25) is 0 Å². The summed E-state index contributed by atoms with van der Waals surface area (Å²) >= 11 is 3.56. The van der Waals surface area contributed by atoms with Crippen molar-refractivity contribution in [2.45, 2.75) is 38.2 Å². The number of rotatable bonds is 6. The Bertz CT molecular complexity index is 419. The molecular formula is C14H20BrNO3. The molecule has 106 valence electrons. The van der Waals surface area contributed by atoms with Crippen molar-refractivity contribution in [1.82, 2.24) is 0 Å². The molecule has 4 nitrogen and oxygen atoms in total. The standard InChI is InChI=1S/C14H20BrNO3/c1-17-13-8-10(6-7-18-16)12(15)9-14(13)19-11-4-2-3-5-11/h8-9,11H,2-7,16H2,1H3. The van der Waals surface area contributed by atoms with Gasteiger partial charge in [-0.2, -0.15) is 0 Å². The average Bonchev–Trinajstić information content (AvgIpc) is 2.91. The summed E-state index contributed by atoms with van der Waals surface area (Å²) in [5.74, 6) is 6.63. The van der Waals surface area contributed by atoms with Crippen molar-refractivity contribution in [3.05, 3.63) is 22.2 Å². The number of hydrogen-bond acceptors (Lipinski definition) is 4. The maximum atomic E-state index is 6.03. The van der Waals surface area contributed by atoms with Gasteiger partial charge in [0.15, 0.2) is 11.5 Å². The molecule has 0 aromatic heterocycles. The minimum Gasteiger partial charge on any atom is -0.493 e. The van der Waals surface area contributed by atoms with Gasteiger partial charge in [0.2, 0.25) is 0 Å². The summed E-state index contributed by atoms with van der Waals surface area (Å²) in [7, 11) is 1.66. The molecule has 1 saturated carbocycles. The zero-order valence-electron chi connectivity index (χ0n) is 11.2. The predicted octanol–water partition coefficient (Wildman–Crippen LogP) is 3.21. The number of ether oxygens (including phenoxy) is 2. The van der Waals surface area contributed by atoms with Crippen LogP contribution in [0, 0.1) is 0 Å². The van der Waals surface area contributed by atoms with Crippen LogP contribution in [-0.4, -0.2) is 19.8 Å². The van der Waals surface area contributed by atoms with Crippen LogP contribution in [0.25, 0.3) is 0 Å². The summed E-state index contributed by atoms with van der Waals surface area (Å²) < 4.78 is 12.4. The Hall–Kier alpha value is -0.780. The molecule has 1 aromatic carbocycles. The van der Waals surface area contributed by atoms with Crippen molar-refractivity contribution >= 4 is 15.9 Å². The smallest absolute Gasteiger partial charge is 0.162 e. The minimum absolute atomic E-state index is 0.319. The van der Waals surface area contributed by atoms with Crippen LogP contribution in [0.1, 0.15) is 31.2 Å². The molecule has 0 atom stereocenters. The van der Waals surface area contributed by atoms with Crippen LogP contribution in [0.15, 0.2) is 16.6 Å². The van der Waals surface area contributed by atoms with Crippen LogP contribution >= 0.6 is 15.9 Å². The molecule has 1 fully saturated rings. The molecule has 0 saturated heterocycles. The lowest BCUT2D eigenvalue weighted by Crippen LogP contribution is -2.12. The number of halogens is 1. The van der Waals surface area contributed by atoms with E-state index in [4.69, 9.17) is 15.4 Å². The lowest BCUT2D eigenvalue weighted by Gasteiger charge is -2.17. The summed E-state index contributed by atoms with van der Waals surface area (Å²) in [6.45, 7) is 0.477. The van der Waals surface area contributed by atoms with E-state index in [0.717, 1.165) is 40.8 Å². The molecule has 1 aromatic rings. The van der Waals surface area contributed by atoms with Crippen LogP contribution < -0.4 is 15.4 Å². The van der Waals surface area contributed by atoms with Gasteiger partial charge in [0.25, 0.3) is 0 Å². The first-order valence-corrected chi connectivity index (χ1v) is 7.38. The second-order valence-electron chi connectivity index (χ2n) is 4.74. The average molecular weight is 330 g/mol. The zero-order chi connectivity index (χ0) is 13.7. The number of methoxy groups -OCH3 is 1. The number of benzene rings is 1. The fourth-order valence-corrected chi connectivity index (χ4v) is 2.90. The number of hydrogen-bond donors (Lipinski definition) is 1. The minimum atomic E-state index is 0.319. The van der Waals surface area contributed by atoms with Gasteiger partial charge >= 0.3 is 0 Å². The molecule has 1 aliphatic carbocycles. The highest BCUT2D eigenvalue weighted by Crippen LogP contribution is 2.36. The SMILES string of the molecule is COc1cc(CCON)c(Br)cc1OC1CCCC1. The molecule has 2 rings (SSSR count).